The molecule has 1 saturated heterocycles. The second-order valence-corrected chi connectivity index (χ2v) is 6.37. The average Bonchev–Trinajstić information content (AvgIpc) is 3.01. The molecule has 1 unspecified atom stereocenters. The molecule has 2 N–H and O–H groups in total. The maximum absolute atomic E-state index is 12.5. The van der Waals surface area contributed by atoms with E-state index < -0.39 is 12.0 Å². The Morgan fingerprint density at radius 3 is 2.61 bits per heavy atom. The first-order chi connectivity index (χ1) is 11.0. The van der Waals surface area contributed by atoms with Crippen LogP contribution in [0, 0.1) is 0 Å². The van der Waals surface area contributed by atoms with E-state index in [-0.39, 0.29) is 18.2 Å². The highest BCUT2D eigenvalue weighted by Crippen LogP contribution is 2.21. The van der Waals surface area contributed by atoms with Crippen molar-refractivity contribution in [3.63, 3.8) is 0 Å². The summed E-state index contributed by atoms with van der Waals surface area (Å²) in [5, 5.41) is 11.3. The molecular formula is C16H19BrN2O4. The molecule has 6 nitrogen and oxygen atoms in total. The van der Waals surface area contributed by atoms with Crippen LogP contribution in [0.2, 0.25) is 0 Å². The zero-order valence-corrected chi connectivity index (χ0v) is 14.2. The minimum absolute atomic E-state index is 0.0203. The summed E-state index contributed by atoms with van der Waals surface area (Å²) in [6, 6.07) is 6.57. The number of hydrogen-bond donors (Lipinski definition) is 2. The van der Waals surface area contributed by atoms with Gasteiger partial charge in [-0.15, -0.1) is 0 Å². The van der Waals surface area contributed by atoms with Crippen LogP contribution >= 0.6 is 15.9 Å². The highest BCUT2D eigenvalue weighted by Gasteiger charge is 2.34. The first-order valence-electron chi connectivity index (χ1n) is 7.55. The minimum Gasteiger partial charge on any atom is -0.481 e. The third-order valence-electron chi connectivity index (χ3n) is 3.77. The fraction of sp³-hybridized carbons (Fsp3) is 0.438. The van der Waals surface area contributed by atoms with E-state index in [1.807, 2.05) is 0 Å². The zero-order valence-electron chi connectivity index (χ0n) is 12.6. The summed E-state index contributed by atoms with van der Waals surface area (Å²) in [5.74, 6) is -1.24. The number of nitrogens with one attached hydrogen (secondary N) is 1. The van der Waals surface area contributed by atoms with E-state index in [9.17, 15) is 14.4 Å². The van der Waals surface area contributed by atoms with Gasteiger partial charge in [0, 0.05) is 29.5 Å². The molecule has 1 aliphatic heterocycles. The summed E-state index contributed by atoms with van der Waals surface area (Å²) in [7, 11) is 0. The Bertz CT molecular complexity index is 588. The van der Waals surface area contributed by atoms with Gasteiger partial charge in [0.05, 0.1) is 0 Å². The number of carboxylic acids is 1. The van der Waals surface area contributed by atoms with Crippen molar-refractivity contribution in [1.29, 1.82) is 0 Å². The Balaban J connectivity index is 1.93. The van der Waals surface area contributed by atoms with Gasteiger partial charge in [0.15, 0.2) is 0 Å². The number of halogens is 1. The lowest BCUT2D eigenvalue weighted by atomic mass is 10.1. The topological polar surface area (TPSA) is 86.7 Å². The van der Waals surface area contributed by atoms with Gasteiger partial charge in [0.1, 0.15) is 6.04 Å². The molecule has 23 heavy (non-hydrogen) atoms. The molecule has 1 aromatic carbocycles. The SMILES string of the molecule is O=C(O)CCCNC(=O)C1CCCN1C(=O)c1ccc(Br)cc1. The van der Waals surface area contributed by atoms with Gasteiger partial charge in [0.25, 0.3) is 5.91 Å². The Morgan fingerprint density at radius 2 is 1.96 bits per heavy atom. The maximum atomic E-state index is 12.5. The fourth-order valence-electron chi connectivity index (χ4n) is 2.61. The largest absolute Gasteiger partial charge is 0.481 e. The van der Waals surface area contributed by atoms with Crippen LogP contribution in [0.3, 0.4) is 0 Å². The first-order valence-corrected chi connectivity index (χ1v) is 8.34. The van der Waals surface area contributed by atoms with E-state index in [0.29, 0.717) is 31.5 Å². The van der Waals surface area contributed by atoms with Gasteiger partial charge >= 0.3 is 5.97 Å². The molecule has 1 heterocycles. The van der Waals surface area contributed by atoms with E-state index in [1.54, 1.807) is 29.2 Å². The van der Waals surface area contributed by atoms with Crippen molar-refractivity contribution in [2.75, 3.05) is 13.1 Å². The molecule has 0 radical (unpaired) electrons. The van der Waals surface area contributed by atoms with E-state index in [4.69, 9.17) is 5.11 Å². The number of carboxylic acid groups (broad SMARTS) is 1. The summed E-state index contributed by atoms with van der Waals surface area (Å²) in [6.07, 6.45) is 1.82. The molecule has 0 saturated carbocycles. The minimum atomic E-state index is -0.882. The number of nitrogens with zero attached hydrogens (tertiary/aromatic N) is 1. The molecule has 1 aromatic rings. The van der Waals surface area contributed by atoms with E-state index in [2.05, 4.69) is 21.2 Å². The van der Waals surface area contributed by atoms with Gasteiger partial charge in [-0.1, -0.05) is 15.9 Å². The summed E-state index contributed by atoms with van der Waals surface area (Å²) in [4.78, 5) is 36.8. The van der Waals surface area contributed by atoms with Crippen LogP contribution in [-0.4, -0.2) is 46.9 Å². The van der Waals surface area contributed by atoms with E-state index in [0.717, 1.165) is 10.9 Å². The smallest absolute Gasteiger partial charge is 0.303 e. The third-order valence-corrected chi connectivity index (χ3v) is 4.30. The van der Waals surface area contributed by atoms with Crippen molar-refractivity contribution in [3.05, 3.63) is 34.3 Å². The number of amides is 2. The van der Waals surface area contributed by atoms with Gasteiger partial charge in [-0.3, -0.25) is 14.4 Å². The van der Waals surface area contributed by atoms with Crippen LogP contribution in [0.5, 0.6) is 0 Å². The number of benzene rings is 1. The van der Waals surface area contributed by atoms with Crippen molar-refractivity contribution < 1.29 is 19.5 Å². The van der Waals surface area contributed by atoms with E-state index in [1.165, 1.54) is 0 Å². The second kappa shape index (κ2) is 8.10. The van der Waals surface area contributed by atoms with Crippen LogP contribution in [0.25, 0.3) is 0 Å². The van der Waals surface area contributed by atoms with Crippen LogP contribution in [0.4, 0.5) is 0 Å². The maximum Gasteiger partial charge on any atom is 0.303 e. The highest BCUT2D eigenvalue weighted by molar-refractivity contribution is 9.10. The average molecular weight is 383 g/mol. The molecule has 1 atom stereocenters. The van der Waals surface area contributed by atoms with Gasteiger partial charge in [-0.05, 0) is 43.5 Å². The number of rotatable bonds is 6. The Kier molecular flexibility index (Phi) is 6.15. The first kappa shape index (κ1) is 17.5. The zero-order chi connectivity index (χ0) is 16.8. The lowest BCUT2D eigenvalue weighted by Crippen LogP contribution is -2.46. The molecule has 7 heteroatoms. The van der Waals surface area contributed by atoms with Crippen molar-refractivity contribution in [2.24, 2.45) is 0 Å². The lowest BCUT2D eigenvalue weighted by molar-refractivity contribution is -0.137. The molecule has 2 rings (SSSR count). The van der Waals surface area contributed by atoms with Crippen LogP contribution in [0.15, 0.2) is 28.7 Å². The molecule has 124 valence electrons. The molecule has 1 fully saturated rings. The molecule has 1 aliphatic rings. The van der Waals surface area contributed by atoms with Gasteiger partial charge in [-0.2, -0.15) is 0 Å². The monoisotopic (exact) mass is 382 g/mol. The van der Waals surface area contributed by atoms with Crippen LogP contribution < -0.4 is 5.32 Å². The third kappa shape index (κ3) is 4.79. The summed E-state index contributed by atoms with van der Waals surface area (Å²) >= 11 is 3.33. The van der Waals surface area contributed by atoms with Crippen molar-refractivity contribution in [1.82, 2.24) is 10.2 Å². The van der Waals surface area contributed by atoms with Gasteiger partial charge in [0.2, 0.25) is 5.91 Å². The fourth-order valence-corrected chi connectivity index (χ4v) is 2.87. The van der Waals surface area contributed by atoms with Gasteiger partial charge < -0.3 is 15.3 Å². The Labute approximate surface area is 143 Å². The number of aliphatic carboxylic acids is 1. The predicted octanol–water partition coefficient (Wildman–Crippen LogP) is 2.03. The van der Waals surface area contributed by atoms with Gasteiger partial charge in [-0.25, -0.2) is 0 Å². The number of hydrogen-bond acceptors (Lipinski definition) is 3. The molecule has 2 amide bonds. The summed E-state index contributed by atoms with van der Waals surface area (Å²) in [6.45, 7) is 0.865. The summed E-state index contributed by atoms with van der Waals surface area (Å²) in [5.41, 5.74) is 0.554. The predicted molar refractivity (Wildman–Crippen MR) is 88.1 cm³/mol. The van der Waals surface area contributed by atoms with Crippen molar-refractivity contribution >= 4 is 33.7 Å². The van der Waals surface area contributed by atoms with Crippen molar-refractivity contribution in [3.8, 4) is 0 Å². The number of carbonyl (C=O) groups excluding carboxylic acids is 2. The number of likely N-dealkylation sites (tertiary alicyclic amines) is 1. The van der Waals surface area contributed by atoms with Crippen LogP contribution in [0.1, 0.15) is 36.0 Å². The van der Waals surface area contributed by atoms with E-state index >= 15 is 0 Å². The quantitative estimate of drug-likeness (QED) is 0.736. The Morgan fingerprint density at radius 1 is 1.26 bits per heavy atom. The Hall–Kier alpha value is -1.89. The molecule has 0 spiro atoms. The molecule has 0 aliphatic carbocycles. The van der Waals surface area contributed by atoms with Crippen molar-refractivity contribution in [2.45, 2.75) is 31.7 Å². The molecule has 0 bridgehead atoms. The lowest BCUT2D eigenvalue weighted by Gasteiger charge is -2.24. The molecule has 0 aromatic heterocycles. The summed E-state index contributed by atoms with van der Waals surface area (Å²) < 4.78 is 0.892. The van der Waals surface area contributed by atoms with Crippen LogP contribution in [-0.2, 0) is 9.59 Å². The molecular weight excluding hydrogens is 364 g/mol. The number of carbonyl (C=O) groups is 3. The second-order valence-electron chi connectivity index (χ2n) is 5.45. The normalized spacial score (nSPS) is 17.1. The highest BCUT2D eigenvalue weighted by atomic mass is 79.9. The standard InChI is InChI=1S/C16H19BrN2O4/c17-12-7-5-11(6-8-12)16(23)19-10-2-3-13(19)15(22)18-9-1-4-14(20)21/h5-8,13H,1-4,9-10H2,(H,18,22)(H,20,21).